The molecule has 1 rings (SSSR count). The fraction of sp³-hybridized carbons (Fsp3) is 0.417. The summed E-state index contributed by atoms with van der Waals surface area (Å²) in [4.78, 5) is 27.3. The van der Waals surface area contributed by atoms with E-state index in [0.29, 0.717) is 0 Å². The molecule has 0 bridgehead atoms. The summed E-state index contributed by atoms with van der Waals surface area (Å²) < 4.78 is 4.64. The number of methoxy groups -OCH3 is 1. The van der Waals surface area contributed by atoms with Crippen molar-refractivity contribution in [3.8, 4) is 0 Å². The molecule has 1 atom stereocenters. The highest BCUT2D eigenvalue weighted by Crippen LogP contribution is 2.09. The van der Waals surface area contributed by atoms with Crippen LogP contribution in [-0.4, -0.2) is 30.0 Å². The van der Waals surface area contributed by atoms with Crippen molar-refractivity contribution in [2.75, 3.05) is 12.8 Å². The number of carbonyl (C=O) groups excluding carboxylic acids is 2. The molecule has 0 saturated carbocycles. The van der Waals surface area contributed by atoms with Gasteiger partial charge >= 0.3 is 5.97 Å². The zero-order valence-electron chi connectivity index (χ0n) is 10.6. The Morgan fingerprint density at radius 1 is 1.44 bits per heavy atom. The maximum absolute atomic E-state index is 12.0. The second kappa shape index (κ2) is 6.00. The summed E-state index contributed by atoms with van der Waals surface area (Å²) in [5.41, 5.74) is 5.84. The number of hydrogen-bond acceptors (Lipinski definition) is 5. The molecule has 1 unspecified atom stereocenters. The lowest BCUT2D eigenvalue weighted by Gasteiger charge is -2.19. The number of rotatable bonds is 4. The van der Waals surface area contributed by atoms with Crippen molar-refractivity contribution in [3.63, 3.8) is 0 Å². The number of nitrogens with two attached hydrogens (primary N) is 1. The molecule has 6 nitrogen and oxygen atoms in total. The van der Waals surface area contributed by atoms with Gasteiger partial charge in [0.2, 0.25) is 0 Å². The minimum atomic E-state index is -0.706. The van der Waals surface area contributed by atoms with Gasteiger partial charge < -0.3 is 15.8 Å². The van der Waals surface area contributed by atoms with E-state index < -0.39 is 17.9 Å². The SMILES string of the molecule is COC(=O)C(NC(=O)c1cccnc1N)C(C)C. The van der Waals surface area contributed by atoms with Gasteiger partial charge in [-0.2, -0.15) is 0 Å². The maximum Gasteiger partial charge on any atom is 0.328 e. The molecule has 6 heteroatoms. The van der Waals surface area contributed by atoms with Gasteiger partial charge in [0.25, 0.3) is 5.91 Å². The second-order valence-corrected chi connectivity index (χ2v) is 4.15. The fourth-order valence-electron chi connectivity index (χ4n) is 1.45. The number of anilines is 1. The van der Waals surface area contributed by atoms with E-state index in [2.05, 4.69) is 15.0 Å². The molecule has 0 fully saturated rings. The third-order valence-electron chi connectivity index (χ3n) is 2.49. The minimum Gasteiger partial charge on any atom is -0.467 e. The maximum atomic E-state index is 12.0. The van der Waals surface area contributed by atoms with Crippen molar-refractivity contribution in [3.05, 3.63) is 23.9 Å². The summed E-state index contributed by atoms with van der Waals surface area (Å²) >= 11 is 0. The molecule has 0 saturated heterocycles. The zero-order chi connectivity index (χ0) is 13.7. The molecule has 0 aromatic carbocycles. The third-order valence-corrected chi connectivity index (χ3v) is 2.49. The van der Waals surface area contributed by atoms with Crippen LogP contribution in [-0.2, 0) is 9.53 Å². The van der Waals surface area contributed by atoms with E-state index in [1.54, 1.807) is 12.1 Å². The Kier molecular flexibility index (Phi) is 4.65. The summed E-state index contributed by atoms with van der Waals surface area (Å²) in [6, 6.07) is 2.45. The molecule has 1 heterocycles. The first-order valence-corrected chi connectivity index (χ1v) is 5.56. The zero-order valence-corrected chi connectivity index (χ0v) is 10.6. The number of ether oxygens (including phenoxy) is 1. The van der Waals surface area contributed by atoms with Crippen molar-refractivity contribution in [1.29, 1.82) is 0 Å². The minimum absolute atomic E-state index is 0.0840. The van der Waals surface area contributed by atoms with Crippen LogP contribution in [0, 0.1) is 5.92 Å². The average Bonchev–Trinajstić information content (AvgIpc) is 2.35. The van der Waals surface area contributed by atoms with E-state index in [1.165, 1.54) is 13.3 Å². The Hall–Kier alpha value is -2.11. The van der Waals surface area contributed by atoms with Crippen LogP contribution >= 0.6 is 0 Å². The number of nitrogens with one attached hydrogen (secondary N) is 1. The average molecular weight is 251 g/mol. The van der Waals surface area contributed by atoms with Crippen LogP contribution in [0.5, 0.6) is 0 Å². The first-order chi connectivity index (χ1) is 8.47. The first kappa shape index (κ1) is 14.0. The van der Waals surface area contributed by atoms with E-state index in [1.807, 2.05) is 13.8 Å². The lowest BCUT2D eigenvalue weighted by atomic mass is 10.0. The Morgan fingerprint density at radius 3 is 2.61 bits per heavy atom. The van der Waals surface area contributed by atoms with Crippen LogP contribution in [0.3, 0.4) is 0 Å². The Balaban J connectivity index is 2.86. The van der Waals surface area contributed by atoms with Crippen LogP contribution in [0.15, 0.2) is 18.3 Å². The molecule has 3 N–H and O–H groups in total. The van der Waals surface area contributed by atoms with E-state index in [9.17, 15) is 9.59 Å². The largest absolute Gasteiger partial charge is 0.467 e. The molecule has 18 heavy (non-hydrogen) atoms. The molecule has 1 aromatic heterocycles. The monoisotopic (exact) mass is 251 g/mol. The van der Waals surface area contributed by atoms with Gasteiger partial charge in [-0.15, -0.1) is 0 Å². The number of esters is 1. The first-order valence-electron chi connectivity index (χ1n) is 5.56. The van der Waals surface area contributed by atoms with Crippen molar-refractivity contribution >= 4 is 17.7 Å². The Morgan fingerprint density at radius 2 is 2.11 bits per heavy atom. The number of nitrogens with zero attached hydrogens (tertiary/aromatic N) is 1. The van der Waals surface area contributed by atoms with Gasteiger partial charge in [-0.05, 0) is 18.1 Å². The van der Waals surface area contributed by atoms with Crippen LogP contribution in [0.2, 0.25) is 0 Å². The quantitative estimate of drug-likeness (QED) is 0.764. The van der Waals surface area contributed by atoms with E-state index in [0.717, 1.165) is 0 Å². The summed E-state index contributed by atoms with van der Waals surface area (Å²) in [6.07, 6.45) is 1.49. The molecule has 0 aliphatic rings. The Labute approximate surface area is 106 Å². The summed E-state index contributed by atoms with van der Waals surface area (Å²) in [5, 5.41) is 2.59. The van der Waals surface area contributed by atoms with Gasteiger partial charge in [0.05, 0.1) is 12.7 Å². The number of pyridine rings is 1. The van der Waals surface area contributed by atoms with Crippen molar-refractivity contribution in [2.45, 2.75) is 19.9 Å². The highest BCUT2D eigenvalue weighted by Gasteiger charge is 2.26. The van der Waals surface area contributed by atoms with Crippen LogP contribution in [0.25, 0.3) is 0 Å². The van der Waals surface area contributed by atoms with Gasteiger partial charge in [-0.25, -0.2) is 9.78 Å². The van der Waals surface area contributed by atoms with Crippen LogP contribution in [0.1, 0.15) is 24.2 Å². The third kappa shape index (κ3) is 3.19. The lowest BCUT2D eigenvalue weighted by molar-refractivity contribution is -0.144. The summed E-state index contributed by atoms with van der Waals surface area (Å²) in [5.74, 6) is -0.882. The second-order valence-electron chi connectivity index (χ2n) is 4.15. The number of aromatic nitrogens is 1. The molecule has 0 aliphatic heterocycles. The number of amides is 1. The van der Waals surface area contributed by atoms with Gasteiger partial charge in [0.1, 0.15) is 11.9 Å². The molecular formula is C12H17N3O3. The highest BCUT2D eigenvalue weighted by molar-refractivity contribution is 6.00. The molecule has 98 valence electrons. The van der Waals surface area contributed by atoms with Crippen LogP contribution < -0.4 is 11.1 Å². The molecule has 1 amide bonds. The van der Waals surface area contributed by atoms with Gasteiger partial charge in [-0.3, -0.25) is 4.79 Å². The summed E-state index contributed by atoms with van der Waals surface area (Å²) in [7, 11) is 1.28. The van der Waals surface area contributed by atoms with E-state index >= 15 is 0 Å². The topological polar surface area (TPSA) is 94.3 Å². The predicted molar refractivity (Wildman–Crippen MR) is 66.8 cm³/mol. The van der Waals surface area contributed by atoms with E-state index in [4.69, 9.17) is 5.73 Å². The normalized spacial score (nSPS) is 12.0. The van der Waals surface area contributed by atoms with Gasteiger partial charge in [-0.1, -0.05) is 13.8 Å². The lowest BCUT2D eigenvalue weighted by Crippen LogP contribution is -2.45. The van der Waals surface area contributed by atoms with E-state index in [-0.39, 0.29) is 17.3 Å². The highest BCUT2D eigenvalue weighted by atomic mass is 16.5. The smallest absolute Gasteiger partial charge is 0.328 e. The van der Waals surface area contributed by atoms with Crippen molar-refractivity contribution in [2.24, 2.45) is 5.92 Å². The molecule has 0 radical (unpaired) electrons. The predicted octanol–water partition coefficient (Wildman–Crippen LogP) is 0.591. The Bertz CT molecular complexity index is 446. The fourth-order valence-corrected chi connectivity index (χ4v) is 1.45. The van der Waals surface area contributed by atoms with Gasteiger partial charge in [0, 0.05) is 6.20 Å². The molecular weight excluding hydrogens is 234 g/mol. The van der Waals surface area contributed by atoms with Crippen molar-refractivity contribution < 1.29 is 14.3 Å². The number of nitrogen functional groups attached to an aromatic ring is 1. The molecule has 0 spiro atoms. The van der Waals surface area contributed by atoms with Gasteiger partial charge in [0.15, 0.2) is 0 Å². The number of carbonyl (C=O) groups is 2. The number of hydrogen-bond donors (Lipinski definition) is 2. The van der Waals surface area contributed by atoms with Crippen LogP contribution in [0.4, 0.5) is 5.82 Å². The standard InChI is InChI=1S/C12H17N3O3/c1-7(2)9(12(17)18-3)15-11(16)8-5-4-6-14-10(8)13/h4-7,9H,1-3H3,(H2,13,14)(H,15,16). The molecule has 1 aromatic rings. The molecule has 0 aliphatic carbocycles. The van der Waals surface area contributed by atoms with Crippen molar-refractivity contribution in [1.82, 2.24) is 10.3 Å². The summed E-state index contributed by atoms with van der Waals surface area (Å²) in [6.45, 7) is 3.63.